The highest BCUT2D eigenvalue weighted by Crippen LogP contribution is 2.47. The third-order valence-corrected chi connectivity index (χ3v) is 5.41. The molecule has 1 rings (SSSR count). The number of ketones is 1. The summed E-state index contributed by atoms with van der Waals surface area (Å²) in [5.74, 6) is 0.763. The van der Waals surface area contributed by atoms with Crippen molar-refractivity contribution in [3.05, 3.63) is 0 Å². The number of rotatable bonds is 7. The lowest BCUT2D eigenvalue weighted by molar-refractivity contribution is -0.120. The summed E-state index contributed by atoms with van der Waals surface area (Å²) < 4.78 is 21.5. The van der Waals surface area contributed by atoms with E-state index in [1.807, 2.05) is 0 Å². The van der Waals surface area contributed by atoms with Crippen molar-refractivity contribution in [3.8, 4) is 0 Å². The van der Waals surface area contributed by atoms with Gasteiger partial charge in [0.1, 0.15) is 11.9 Å². The molecule has 0 heterocycles. The van der Waals surface area contributed by atoms with E-state index in [4.69, 9.17) is 9.05 Å². The van der Waals surface area contributed by atoms with Gasteiger partial charge in [-0.05, 0) is 25.2 Å². The first-order valence-electron chi connectivity index (χ1n) is 6.28. The van der Waals surface area contributed by atoms with Crippen LogP contribution in [-0.4, -0.2) is 26.2 Å². The Morgan fingerprint density at radius 1 is 1.29 bits per heavy atom. The molecule has 17 heavy (non-hydrogen) atoms. The molecule has 1 aliphatic rings. The minimum Gasteiger partial charge on any atom is -0.312 e. The Morgan fingerprint density at radius 2 is 1.94 bits per heavy atom. The van der Waals surface area contributed by atoms with Gasteiger partial charge >= 0.3 is 7.60 Å². The highest BCUT2D eigenvalue weighted by Gasteiger charge is 2.34. The minimum absolute atomic E-state index is 0.0376. The van der Waals surface area contributed by atoms with Gasteiger partial charge in [-0.1, -0.05) is 19.8 Å². The van der Waals surface area contributed by atoms with Gasteiger partial charge in [0.2, 0.25) is 0 Å². The summed E-state index contributed by atoms with van der Waals surface area (Å²) in [6.07, 6.45) is 5.27. The monoisotopic (exact) mass is 262 g/mol. The second-order valence-electron chi connectivity index (χ2n) is 4.77. The first-order valence-corrected chi connectivity index (χ1v) is 8.00. The van der Waals surface area contributed by atoms with E-state index in [2.05, 4.69) is 6.92 Å². The van der Waals surface area contributed by atoms with Crippen molar-refractivity contribution < 1.29 is 18.4 Å². The molecule has 5 heteroatoms. The highest BCUT2D eigenvalue weighted by molar-refractivity contribution is 7.54. The standard InChI is InChI=1S/C12H23O4P/c1-4-5-10-6-7-11(8-10)12(13)9-17(14,15-2)16-3/h10-11H,4-9H2,1-3H3. The molecule has 2 atom stereocenters. The lowest BCUT2D eigenvalue weighted by Gasteiger charge is -2.15. The van der Waals surface area contributed by atoms with E-state index >= 15 is 0 Å². The maximum Gasteiger partial charge on any atom is 0.337 e. The maximum absolute atomic E-state index is 12.0. The average Bonchev–Trinajstić information content (AvgIpc) is 2.78. The molecule has 0 spiro atoms. The van der Waals surface area contributed by atoms with Crippen molar-refractivity contribution in [2.45, 2.75) is 39.0 Å². The summed E-state index contributed by atoms with van der Waals surface area (Å²) in [5.41, 5.74) is 0. The van der Waals surface area contributed by atoms with Crippen LogP contribution in [0.25, 0.3) is 0 Å². The Bertz CT molecular complexity index is 295. The number of hydrogen-bond acceptors (Lipinski definition) is 4. The Hall–Kier alpha value is -0.180. The summed E-state index contributed by atoms with van der Waals surface area (Å²) >= 11 is 0. The Balaban J connectivity index is 2.47. The number of hydrogen-bond donors (Lipinski definition) is 0. The van der Waals surface area contributed by atoms with Crippen LogP contribution in [0.15, 0.2) is 0 Å². The molecule has 0 amide bonds. The fourth-order valence-electron chi connectivity index (χ4n) is 2.56. The van der Waals surface area contributed by atoms with Crippen molar-refractivity contribution >= 4 is 13.4 Å². The number of carbonyl (C=O) groups is 1. The lowest BCUT2D eigenvalue weighted by atomic mass is 9.98. The van der Waals surface area contributed by atoms with Gasteiger partial charge in [-0.25, -0.2) is 0 Å². The Kier molecular flexibility index (Phi) is 5.84. The molecule has 0 aliphatic heterocycles. The van der Waals surface area contributed by atoms with Crippen molar-refractivity contribution in [1.82, 2.24) is 0 Å². The second kappa shape index (κ2) is 6.67. The summed E-state index contributed by atoms with van der Waals surface area (Å²) in [6.45, 7) is 2.17. The molecule has 0 bridgehead atoms. The minimum atomic E-state index is -3.17. The molecule has 100 valence electrons. The van der Waals surface area contributed by atoms with Crippen molar-refractivity contribution in [1.29, 1.82) is 0 Å². The summed E-state index contributed by atoms with van der Waals surface area (Å²) in [6, 6.07) is 0. The molecule has 0 N–H and O–H groups in total. The SMILES string of the molecule is CCCC1CCC(C(=O)CP(=O)(OC)OC)C1. The molecule has 0 aromatic carbocycles. The first-order chi connectivity index (χ1) is 8.04. The van der Waals surface area contributed by atoms with Gasteiger partial charge in [-0.15, -0.1) is 0 Å². The summed E-state index contributed by atoms with van der Waals surface area (Å²) in [4.78, 5) is 12.0. The van der Waals surface area contributed by atoms with E-state index in [1.54, 1.807) is 0 Å². The van der Waals surface area contributed by atoms with Crippen LogP contribution >= 0.6 is 7.60 Å². The van der Waals surface area contributed by atoms with Crippen LogP contribution in [0.5, 0.6) is 0 Å². The van der Waals surface area contributed by atoms with Gasteiger partial charge in [-0.3, -0.25) is 9.36 Å². The summed E-state index contributed by atoms with van der Waals surface area (Å²) in [5, 5.41) is 0. The van der Waals surface area contributed by atoms with Crippen molar-refractivity contribution in [2.24, 2.45) is 11.8 Å². The van der Waals surface area contributed by atoms with Gasteiger partial charge in [-0.2, -0.15) is 0 Å². The van der Waals surface area contributed by atoms with Gasteiger partial charge in [0.15, 0.2) is 0 Å². The van der Waals surface area contributed by atoms with E-state index in [0.717, 1.165) is 19.3 Å². The van der Waals surface area contributed by atoms with Crippen LogP contribution in [0.4, 0.5) is 0 Å². The molecule has 1 saturated carbocycles. The van der Waals surface area contributed by atoms with E-state index in [0.29, 0.717) is 5.92 Å². The van der Waals surface area contributed by atoms with Crippen LogP contribution in [0.3, 0.4) is 0 Å². The molecule has 0 aromatic heterocycles. The first kappa shape index (κ1) is 14.9. The zero-order chi connectivity index (χ0) is 12.9. The molecule has 4 nitrogen and oxygen atoms in total. The molecule has 1 aliphatic carbocycles. The second-order valence-corrected chi connectivity index (χ2v) is 7.03. The third kappa shape index (κ3) is 4.20. The molecule has 0 radical (unpaired) electrons. The molecule has 0 saturated heterocycles. The van der Waals surface area contributed by atoms with Gasteiger partial charge in [0.25, 0.3) is 0 Å². The summed E-state index contributed by atoms with van der Waals surface area (Å²) in [7, 11) is -0.523. The van der Waals surface area contributed by atoms with Crippen LogP contribution < -0.4 is 0 Å². The van der Waals surface area contributed by atoms with E-state index in [-0.39, 0.29) is 17.9 Å². The van der Waals surface area contributed by atoms with Gasteiger partial charge in [0, 0.05) is 20.1 Å². The zero-order valence-corrected chi connectivity index (χ0v) is 11.9. The molecular formula is C12H23O4P. The Labute approximate surface area is 104 Å². The number of Topliss-reactive ketones (excluding diaryl/α,β-unsaturated/α-hetero) is 1. The topological polar surface area (TPSA) is 52.6 Å². The van der Waals surface area contributed by atoms with Gasteiger partial charge < -0.3 is 9.05 Å². The fraction of sp³-hybridized carbons (Fsp3) is 0.917. The molecule has 1 fully saturated rings. The quantitative estimate of drug-likeness (QED) is 0.661. The fourth-order valence-corrected chi connectivity index (χ4v) is 3.61. The zero-order valence-electron chi connectivity index (χ0n) is 11.0. The molecular weight excluding hydrogens is 239 g/mol. The van der Waals surface area contributed by atoms with Crippen LogP contribution in [0, 0.1) is 11.8 Å². The highest BCUT2D eigenvalue weighted by atomic mass is 31.2. The van der Waals surface area contributed by atoms with E-state index in [9.17, 15) is 9.36 Å². The Morgan fingerprint density at radius 3 is 2.47 bits per heavy atom. The smallest absolute Gasteiger partial charge is 0.312 e. The molecule has 0 aromatic rings. The van der Waals surface area contributed by atoms with E-state index < -0.39 is 7.60 Å². The normalized spacial score (nSPS) is 25.1. The van der Waals surface area contributed by atoms with Crippen molar-refractivity contribution in [3.63, 3.8) is 0 Å². The van der Waals surface area contributed by atoms with Crippen LogP contribution in [0.2, 0.25) is 0 Å². The third-order valence-electron chi connectivity index (χ3n) is 3.60. The van der Waals surface area contributed by atoms with Gasteiger partial charge in [0.05, 0.1) is 0 Å². The van der Waals surface area contributed by atoms with E-state index in [1.165, 1.54) is 27.1 Å². The predicted molar refractivity (Wildman–Crippen MR) is 67.2 cm³/mol. The largest absolute Gasteiger partial charge is 0.337 e. The maximum atomic E-state index is 12.0. The van der Waals surface area contributed by atoms with Crippen LogP contribution in [-0.2, 0) is 18.4 Å². The van der Waals surface area contributed by atoms with Crippen molar-refractivity contribution in [2.75, 3.05) is 20.4 Å². The molecule has 2 unspecified atom stereocenters. The van der Waals surface area contributed by atoms with Crippen LogP contribution in [0.1, 0.15) is 39.0 Å². The predicted octanol–water partition coefficient (Wildman–Crippen LogP) is 3.26. The number of carbonyl (C=O) groups excluding carboxylic acids is 1. The lowest BCUT2D eigenvalue weighted by Crippen LogP contribution is -2.17. The average molecular weight is 262 g/mol.